The van der Waals surface area contributed by atoms with Crippen molar-refractivity contribution in [1.82, 2.24) is 14.7 Å². The van der Waals surface area contributed by atoms with E-state index in [2.05, 4.69) is 10.4 Å². The number of carbonyl (C=O) groups excluding carboxylic acids is 1. The summed E-state index contributed by atoms with van der Waals surface area (Å²) in [6, 6.07) is 13.2. The largest absolute Gasteiger partial charge is 0.449 e. The molecular formula is C23H24F2N4O3. The van der Waals surface area contributed by atoms with Crippen molar-refractivity contribution < 1.29 is 18.3 Å². The number of rotatable bonds is 8. The molecule has 32 heavy (non-hydrogen) atoms. The van der Waals surface area contributed by atoms with Crippen LogP contribution in [0.5, 0.6) is 0 Å². The highest BCUT2D eigenvalue weighted by Crippen LogP contribution is 2.21. The monoisotopic (exact) mass is 442 g/mol. The molecule has 168 valence electrons. The number of ether oxygens (including phenoxy) is 1. The third-order valence-corrected chi connectivity index (χ3v) is 4.58. The number of hydrogen-bond donors (Lipinski definition) is 1. The Kier molecular flexibility index (Phi) is 7.67. The molecule has 1 aromatic heterocycles. The van der Waals surface area contributed by atoms with Crippen molar-refractivity contribution in [3.05, 3.63) is 82.1 Å². The maximum Gasteiger partial charge on any atom is 0.411 e. The molecule has 0 radical (unpaired) electrons. The molecule has 1 amide bonds. The lowest BCUT2D eigenvalue weighted by atomic mass is 10.1. The molecule has 0 saturated heterocycles. The van der Waals surface area contributed by atoms with Crippen LogP contribution in [0.3, 0.4) is 0 Å². The second-order valence-corrected chi connectivity index (χ2v) is 7.43. The van der Waals surface area contributed by atoms with Crippen LogP contribution in [0, 0.1) is 11.6 Å². The van der Waals surface area contributed by atoms with Crippen molar-refractivity contribution >= 4 is 11.8 Å². The predicted octanol–water partition coefficient (Wildman–Crippen LogP) is 3.74. The highest BCUT2D eigenvalue weighted by Gasteiger charge is 2.12. The summed E-state index contributed by atoms with van der Waals surface area (Å²) in [5.41, 5.74) is 0.884. The van der Waals surface area contributed by atoms with Gasteiger partial charge in [0.15, 0.2) is 11.6 Å². The summed E-state index contributed by atoms with van der Waals surface area (Å²) in [5.74, 6) is -2.02. The van der Waals surface area contributed by atoms with Gasteiger partial charge in [-0.15, -0.1) is 0 Å². The lowest BCUT2D eigenvalue weighted by Crippen LogP contribution is -2.23. The first-order valence-corrected chi connectivity index (χ1v) is 10.0. The van der Waals surface area contributed by atoms with Gasteiger partial charge in [-0.1, -0.05) is 18.2 Å². The van der Waals surface area contributed by atoms with E-state index in [1.165, 1.54) is 24.3 Å². The third kappa shape index (κ3) is 6.21. The van der Waals surface area contributed by atoms with Gasteiger partial charge in [0.25, 0.3) is 5.56 Å². The Balaban J connectivity index is 1.71. The summed E-state index contributed by atoms with van der Waals surface area (Å²) >= 11 is 0. The first kappa shape index (κ1) is 23.1. The van der Waals surface area contributed by atoms with Gasteiger partial charge in [0.2, 0.25) is 0 Å². The fourth-order valence-electron chi connectivity index (χ4n) is 3.03. The van der Waals surface area contributed by atoms with Gasteiger partial charge in [0, 0.05) is 23.9 Å². The maximum absolute atomic E-state index is 14.1. The number of halogens is 2. The molecule has 7 nitrogen and oxygen atoms in total. The van der Waals surface area contributed by atoms with Crippen molar-refractivity contribution in [2.75, 3.05) is 32.6 Å². The normalized spacial score (nSPS) is 10.9. The summed E-state index contributed by atoms with van der Waals surface area (Å²) in [6.07, 6.45) is 0.150. The molecule has 0 unspecified atom stereocenters. The standard InChI is InChI=1S/C23H24F2N4O3/c1-28(2)12-5-13-32-23(31)26-17-7-3-6-16(14-17)15-29-21(30)11-10-20(27-29)18-8-4-9-19(24)22(18)25/h3-4,6-11,14H,5,12-13,15H2,1-2H3,(H,26,31). The predicted molar refractivity (Wildman–Crippen MR) is 118 cm³/mol. The lowest BCUT2D eigenvalue weighted by Gasteiger charge is -2.11. The summed E-state index contributed by atoms with van der Waals surface area (Å²) in [4.78, 5) is 26.2. The van der Waals surface area contributed by atoms with Crippen LogP contribution in [-0.4, -0.2) is 48.0 Å². The van der Waals surface area contributed by atoms with Crippen LogP contribution < -0.4 is 10.9 Å². The molecule has 0 aliphatic rings. The van der Waals surface area contributed by atoms with Crippen molar-refractivity contribution in [1.29, 1.82) is 0 Å². The van der Waals surface area contributed by atoms with Crippen molar-refractivity contribution in [2.24, 2.45) is 0 Å². The molecule has 0 atom stereocenters. The van der Waals surface area contributed by atoms with Crippen molar-refractivity contribution in [3.63, 3.8) is 0 Å². The van der Waals surface area contributed by atoms with Crippen LogP contribution >= 0.6 is 0 Å². The Labute approximate surface area is 184 Å². The summed E-state index contributed by atoms with van der Waals surface area (Å²) in [7, 11) is 3.88. The van der Waals surface area contributed by atoms with Gasteiger partial charge in [0.05, 0.1) is 18.8 Å². The summed E-state index contributed by atoms with van der Waals surface area (Å²) in [6.45, 7) is 1.19. The van der Waals surface area contributed by atoms with E-state index < -0.39 is 23.3 Å². The molecular weight excluding hydrogens is 418 g/mol. The van der Waals surface area contributed by atoms with Crippen molar-refractivity contribution in [2.45, 2.75) is 13.0 Å². The fraction of sp³-hybridized carbons (Fsp3) is 0.261. The average Bonchev–Trinajstić information content (AvgIpc) is 2.75. The molecule has 9 heteroatoms. The molecule has 0 aliphatic heterocycles. The lowest BCUT2D eigenvalue weighted by molar-refractivity contribution is 0.156. The molecule has 0 bridgehead atoms. The van der Waals surface area contributed by atoms with Gasteiger partial charge >= 0.3 is 6.09 Å². The molecule has 0 saturated carbocycles. The van der Waals surface area contributed by atoms with Crippen LogP contribution in [0.15, 0.2) is 59.4 Å². The Bertz CT molecular complexity index is 1150. The van der Waals surface area contributed by atoms with Crippen LogP contribution in [-0.2, 0) is 11.3 Å². The topological polar surface area (TPSA) is 76.5 Å². The number of aromatic nitrogens is 2. The minimum atomic E-state index is -1.03. The van der Waals surface area contributed by atoms with E-state index >= 15 is 0 Å². The number of nitrogens with one attached hydrogen (secondary N) is 1. The highest BCUT2D eigenvalue weighted by molar-refractivity contribution is 5.84. The number of anilines is 1. The highest BCUT2D eigenvalue weighted by atomic mass is 19.2. The van der Waals surface area contributed by atoms with E-state index in [1.807, 2.05) is 19.0 Å². The van der Waals surface area contributed by atoms with Gasteiger partial charge in [-0.25, -0.2) is 18.3 Å². The Morgan fingerprint density at radius 2 is 1.91 bits per heavy atom. The Morgan fingerprint density at radius 3 is 2.69 bits per heavy atom. The molecule has 3 aromatic rings. The Morgan fingerprint density at radius 1 is 1.12 bits per heavy atom. The van der Waals surface area contributed by atoms with E-state index in [0.29, 0.717) is 17.9 Å². The molecule has 0 fully saturated rings. The van der Waals surface area contributed by atoms with Crippen LogP contribution in [0.1, 0.15) is 12.0 Å². The molecule has 2 aromatic carbocycles. The summed E-state index contributed by atoms with van der Waals surface area (Å²) < 4.78 is 34.0. The molecule has 0 aliphatic carbocycles. The zero-order valence-electron chi connectivity index (χ0n) is 17.8. The second kappa shape index (κ2) is 10.6. The minimum absolute atomic E-state index is 0.0359. The van der Waals surface area contributed by atoms with E-state index in [0.717, 1.165) is 23.7 Å². The molecule has 0 spiro atoms. The van der Waals surface area contributed by atoms with Crippen LogP contribution in [0.2, 0.25) is 0 Å². The van der Waals surface area contributed by atoms with Crippen LogP contribution in [0.4, 0.5) is 19.3 Å². The maximum atomic E-state index is 14.1. The number of benzene rings is 2. The van der Waals surface area contributed by atoms with E-state index in [1.54, 1.807) is 24.3 Å². The first-order valence-electron chi connectivity index (χ1n) is 10.0. The van der Waals surface area contributed by atoms with E-state index in [4.69, 9.17) is 4.74 Å². The van der Waals surface area contributed by atoms with Gasteiger partial charge < -0.3 is 9.64 Å². The second-order valence-electron chi connectivity index (χ2n) is 7.43. The zero-order chi connectivity index (χ0) is 23.1. The van der Waals surface area contributed by atoms with Gasteiger partial charge in [-0.2, -0.15) is 5.10 Å². The number of amides is 1. The molecule has 1 N–H and O–H groups in total. The quantitative estimate of drug-likeness (QED) is 0.538. The number of hydrogen-bond acceptors (Lipinski definition) is 5. The fourth-order valence-corrected chi connectivity index (χ4v) is 3.03. The van der Waals surface area contributed by atoms with Gasteiger partial charge in [-0.05, 0) is 56.4 Å². The first-order chi connectivity index (χ1) is 15.3. The zero-order valence-corrected chi connectivity index (χ0v) is 17.8. The molecule has 3 rings (SSSR count). The SMILES string of the molecule is CN(C)CCCOC(=O)Nc1cccc(Cn2nc(-c3cccc(F)c3F)ccc2=O)c1. The van der Waals surface area contributed by atoms with E-state index in [9.17, 15) is 18.4 Å². The Hall–Kier alpha value is -3.59. The minimum Gasteiger partial charge on any atom is -0.449 e. The van der Waals surface area contributed by atoms with Gasteiger partial charge in [0.1, 0.15) is 0 Å². The smallest absolute Gasteiger partial charge is 0.411 e. The number of nitrogens with zero attached hydrogens (tertiary/aromatic N) is 3. The van der Waals surface area contributed by atoms with Crippen LogP contribution in [0.25, 0.3) is 11.3 Å². The third-order valence-electron chi connectivity index (χ3n) is 4.58. The van der Waals surface area contributed by atoms with Crippen molar-refractivity contribution in [3.8, 4) is 11.3 Å². The number of carbonyl (C=O) groups is 1. The van der Waals surface area contributed by atoms with Gasteiger partial charge in [-0.3, -0.25) is 10.1 Å². The average molecular weight is 442 g/mol. The molecule has 1 heterocycles. The summed E-state index contributed by atoms with van der Waals surface area (Å²) in [5, 5.41) is 6.82. The van der Waals surface area contributed by atoms with E-state index in [-0.39, 0.29) is 17.8 Å².